The van der Waals surface area contributed by atoms with E-state index >= 15 is 0 Å². The van der Waals surface area contributed by atoms with Gasteiger partial charge in [0, 0.05) is 33.4 Å². The highest BCUT2D eigenvalue weighted by atomic mass is 16.2. The first kappa shape index (κ1) is 11.7. The molecule has 0 bridgehead atoms. The molecule has 1 aromatic heterocycles. The van der Waals surface area contributed by atoms with Crippen LogP contribution >= 0.6 is 0 Å². The molecule has 0 radical (unpaired) electrons. The van der Waals surface area contributed by atoms with Crippen molar-refractivity contribution in [3.8, 4) is 0 Å². The SMILES string of the molecule is CN(C)CCN(C)C(=O)c1cnn(C)c1. The fraction of sp³-hybridized carbons (Fsp3) is 0.600. The van der Waals surface area contributed by atoms with Gasteiger partial charge in [0.15, 0.2) is 0 Å². The summed E-state index contributed by atoms with van der Waals surface area (Å²) in [6, 6.07) is 0. The Morgan fingerprint density at radius 2 is 2.07 bits per heavy atom. The van der Waals surface area contributed by atoms with E-state index in [1.807, 2.05) is 19.0 Å². The molecule has 0 saturated carbocycles. The predicted octanol–water partition coefficient (Wildman–Crippen LogP) is 0.0537. The van der Waals surface area contributed by atoms with Gasteiger partial charge in [0.25, 0.3) is 5.91 Å². The Balaban J connectivity index is 2.53. The summed E-state index contributed by atoms with van der Waals surface area (Å²) in [6.07, 6.45) is 3.32. The van der Waals surface area contributed by atoms with Crippen LogP contribution in [0.2, 0.25) is 0 Å². The van der Waals surface area contributed by atoms with Crippen LogP contribution in [0.1, 0.15) is 10.4 Å². The van der Waals surface area contributed by atoms with Crippen LogP contribution in [0.15, 0.2) is 12.4 Å². The topological polar surface area (TPSA) is 41.4 Å². The smallest absolute Gasteiger partial charge is 0.256 e. The average Bonchev–Trinajstić information content (AvgIpc) is 2.60. The third kappa shape index (κ3) is 3.36. The van der Waals surface area contributed by atoms with E-state index in [0.717, 1.165) is 13.1 Å². The normalized spacial score (nSPS) is 10.7. The number of aryl methyl sites for hydroxylation is 1. The van der Waals surface area contributed by atoms with Crippen molar-refractivity contribution < 1.29 is 4.79 Å². The third-order valence-corrected chi connectivity index (χ3v) is 2.18. The minimum Gasteiger partial charge on any atom is -0.340 e. The Morgan fingerprint density at radius 3 is 2.53 bits per heavy atom. The molecule has 1 heterocycles. The monoisotopic (exact) mass is 210 g/mol. The summed E-state index contributed by atoms with van der Waals surface area (Å²) in [5.41, 5.74) is 0.638. The highest BCUT2D eigenvalue weighted by molar-refractivity contribution is 5.93. The largest absolute Gasteiger partial charge is 0.340 e. The van der Waals surface area contributed by atoms with Gasteiger partial charge >= 0.3 is 0 Å². The lowest BCUT2D eigenvalue weighted by Crippen LogP contribution is -2.33. The minimum absolute atomic E-state index is 0.0185. The summed E-state index contributed by atoms with van der Waals surface area (Å²) in [5, 5.41) is 3.97. The first-order chi connectivity index (χ1) is 7.00. The molecule has 0 saturated heterocycles. The molecule has 15 heavy (non-hydrogen) atoms. The molecule has 0 N–H and O–H groups in total. The van der Waals surface area contributed by atoms with E-state index in [9.17, 15) is 4.79 Å². The van der Waals surface area contributed by atoms with E-state index in [4.69, 9.17) is 0 Å². The molecule has 1 rings (SSSR count). The maximum atomic E-state index is 11.8. The summed E-state index contributed by atoms with van der Waals surface area (Å²) in [7, 11) is 7.58. The zero-order valence-electron chi connectivity index (χ0n) is 9.77. The minimum atomic E-state index is 0.0185. The number of amides is 1. The second kappa shape index (κ2) is 4.93. The molecule has 0 atom stereocenters. The molecule has 1 aromatic rings. The standard InChI is InChI=1S/C10H18N4O/c1-12(2)5-6-13(3)10(15)9-7-11-14(4)8-9/h7-8H,5-6H2,1-4H3. The number of hydrogen-bond donors (Lipinski definition) is 0. The lowest BCUT2D eigenvalue weighted by molar-refractivity contribution is 0.0786. The highest BCUT2D eigenvalue weighted by Crippen LogP contribution is 2.01. The second-order valence-corrected chi connectivity index (χ2v) is 3.93. The van der Waals surface area contributed by atoms with Gasteiger partial charge in [-0.15, -0.1) is 0 Å². The van der Waals surface area contributed by atoms with Gasteiger partial charge in [0.2, 0.25) is 0 Å². The molecule has 0 aliphatic heterocycles. The van der Waals surface area contributed by atoms with Gasteiger partial charge in [-0.3, -0.25) is 9.48 Å². The maximum Gasteiger partial charge on any atom is 0.256 e. The maximum absolute atomic E-state index is 11.8. The molecular formula is C10H18N4O. The summed E-state index contributed by atoms with van der Waals surface area (Å²) in [4.78, 5) is 15.6. The average molecular weight is 210 g/mol. The fourth-order valence-corrected chi connectivity index (χ4v) is 1.20. The van der Waals surface area contributed by atoms with Crippen molar-refractivity contribution >= 4 is 5.91 Å². The van der Waals surface area contributed by atoms with Crippen molar-refractivity contribution in [1.82, 2.24) is 19.6 Å². The molecule has 5 heteroatoms. The molecule has 1 amide bonds. The van der Waals surface area contributed by atoms with Crippen LogP contribution < -0.4 is 0 Å². The van der Waals surface area contributed by atoms with Gasteiger partial charge in [0.05, 0.1) is 11.8 Å². The van der Waals surface area contributed by atoms with Gasteiger partial charge in [-0.2, -0.15) is 5.10 Å². The van der Waals surface area contributed by atoms with Crippen LogP contribution in [0, 0.1) is 0 Å². The molecule has 0 spiro atoms. The lowest BCUT2D eigenvalue weighted by Gasteiger charge is -2.18. The molecule has 0 aliphatic carbocycles. The van der Waals surface area contributed by atoms with Gasteiger partial charge in [-0.25, -0.2) is 0 Å². The van der Waals surface area contributed by atoms with Gasteiger partial charge < -0.3 is 9.80 Å². The molecule has 0 unspecified atom stereocenters. The second-order valence-electron chi connectivity index (χ2n) is 3.93. The van der Waals surface area contributed by atoms with Crippen LogP contribution in [0.25, 0.3) is 0 Å². The van der Waals surface area contributed by atoms with Crippen molar-refractivity contribution in [2.24, 2.45) is 7.05 Å². The van der Waals surface area contributed by atoms with Gasteiger partial charge in [-0.1, -0.05) is 0 Å². The Labute approximate surface area is 90.3 Å². The van der Waals surface area contributed by atoms with E-state index in [0.29, 0.717) is 5.56 Å². The Bertz CT molecular complexity index is 332. The van der Waals surface area contributed by atoms with Crippen LogP contribution in [0.5, 0.6) is 0 Å². The molecule has 84 valence electrons. The fourth-order valence-electron chi connectivity index (χ4n) is 1.20. The lowest BCUT2D eigenvalue weighted by atomic mass is 10.3. The number of hydrogen-bond acceptors (Lipinski definition) is 3. The van der Waals surface area contributed by atoms with Crippen LogP contribution in [-0.2, 0) is 7.05 Å². The summed E-state index contributed by atoms with van der Waals surface area (Å²) >= 11 is 0. The van der Waals surface area contributed by atoms with Crippen LogP contribution in [0.4, 0.5) is 0 Å². The summed E-state index contributed by atoms with van der Waals surface area (Å²) < 4.78 is 1.63. The summed E-state index contributed by atoms with van der Waals surface area (Å²) in [5.74, 6) is 0.0185. The molecule has 0 aromatic carbocycles. The van der Waals surface area contributed by atoms with Gasteiger partial charge in [-0.05, 0) is 14.1 Å². The Hall–Kier alpha value is -1.36. The van der Waals surface area contributed by atoms with Crippen molar-refractivity contribution in [3.05, 3.63) is 18.0 Å². The Morgan fingerprint density at radius 1 is 1.40 bits per heavy atom. The zero-order valence-corrected chi connectivity index (χ0v) is 9.77. The third-order valence-electron chi connectivity index (χ3n) is 2.18. The van der Waals surface area contributed by atoms with E-state index in [1.54, 1.807) is 36.1 Å². The molecule has 0 fully saturated rings. The zero-order chi connectivity index (χ0) is 11.4. The number of carbonyl (C=O) groups excluding carboxylic acids is 1. The number of aromatic nitrogens is 2. The van der Waals surface area contributed by atoms with E-state index in [2.05, 4.69) is 5.10 Å². The van der Waals surface area contributed by atoms with Crippen molar-refractivity contribution in [2.45, 2.75) is 0 Å². The first-order valence-electron chi connectivity index (χ1n) is 4.89. The summed E-state index contributed by atoms with van der Waals surface area (Å²) in [6.45, 7) is 1.59. The number of carbonyl (C=O) groups is 1. The van der Waals surface area contributed by atoms with E-state index in [1.165, 1.54) is 0 Å². The number of rotatable bonds is 4. The highest BCUT2D eigenvalue weighted by Gasteiger charge is 2.12. The van der Waals surface area contributed by atoms with Crippen LogP contribution in [0.3, 0.4) is 0 Å². The van der Waals surface area contributed by atoms with Crippen molar-refractivity contribution in [1.29, 1.82) is 0 Å². The quantitative estimate of drug-likeness (QED) is 0.705. The number of likely N-dealkylation sites (N-methyl/N-ethyl adjacent to an activating group) is 2. The van der Waals surface area contributed by atoms with Crippen molar-refractivity contribution in [3.63, 3.8) is 0 Å². The number of nitrogens with zero attached hydrogens (tertiary/aromatic N) is 4. The predicted molar refractivity (Wildman–Crippen MR) is 58.7 cm³/mol. The van der Waals surface area contributed by atoms with Crippen LogP contribution in [-0.4, -0.2) is 59.7 Å². The molecule has 0 aliphatic rings. The van der Waals surface area contributed by atoms with Gasteiger partial charge in [0.1, 0.15) is 0 Å². The van der Waals surface area contributed by atoms with E-state index < -0.39 is 0 Å². The van der Waals surface area contributed by atoms with E-state index in [-0.39, 0.29) is 5.91 Å². The molecular weight excluding hydrogens is 192 g/mol. The Kier molecular flexibility index (Phi) is 3.85. The first-order valence-corrected chi connectivity index (χ1v) is 4.89. The van der Waals surface area contributed by atoms with Crippen molar-refractivity contribution in [2.75, 3.05) is 34.2 Å². The molecule has 5 nitrogen and oxygen atoms in total.